The fourth-order valence-corrected chi connectivity index (χ4v) is 3.76. The van der Waals surface area contributed by atoms with Crippen molar-refractivity contribution < 1.29 is 14.3 Å². The number of aryl methyl sites for hydroxylation is 2. The first kappa shape index (κ1) is 19.3. The van der Waals surface area contributed by atoms with Crippen LogP contribution in [-0.2, 0) is 4.79 Å². The number of aromatic nitrogens is 4. The maximum atomic E-state index is 12.4. The number of nitrogens with one attached hydrogen (secondary N) is 1. The van der Waals surface area contributed by atoms with E-state index in [9.17, 15) is 4.79 Å². The Bertz CT molecular complexity index is 1020. The number of thioether (sulfide) groups is 1. The molecule has 0 spiro atoms. The SMILES string of the molecule is Cc1cc(C)cc(-n2nnnc2SCC(=O)Nc2ccc3c(c2)OCCCO3)c1. The normalized spacial score (nSPS) is 13.0. The van der Waals surface area contributed by atoms with E-state index in [4.69, 9.17) is 9.47 Å². The molecule has 0 fully saturated rings. The first-order chi connectivity index (χ1) is 14.1. The summed E-state index contributed by atoms with van der Waals surface area (Å²) >= 11 is 1.28. The number of nitrogens with zero attached hydrogens (tertiary/aromatic N) is 4. The van der Waals surface area contributed by atoms with E-state index in [0.29, 0.717) is 35.6 Å². The molecule has 1 aromatic heterocycles. The minimum absolute atomic E-state index is 0.153. The van der Waals surface area contributed by atoms with Gasteiger partial charge in [0.05, 0.1) is 24.7 Å². The largest absolute Gasteiger partial charge is 0.490 e. The molecule has 1 aliphatic rings. The van der Waals surface area contributed by atoms with E-state index in [1.807, 2.05) is 32.0 Å². The van der Waals surface area contributed by atoms with Gasteiger partial charge in [-0.25, -0.2) is 0 Å². The van der Waals surface area contributed by atoms with Crippen LogP contribution in [0.3, 0.4) is 0 Å². The van der Waals surface area contributed by atoms with Crippen molar-refractivity contribution in [3.05, 3.63) is 47.5 Å². The lowest BCUT2D eigenvalue weighted by molar-refractivity contribution is -0.113. The zero-order valence-corrected chi connectivity index (χ0v) is 17.0. The van der Waals surface area contributed by atoms with Gasteiger partial charge >= 0.3 is 0 Å². The molecule has 8 nitrogen and oxygen atoms in total. The molecule has 0 atom stereocenters. The molecule has 0 radical (unpaired) electrons. The number of tetrazole rings is 1. The molecule has 4 rings (SSSR count). The summed E-state index contributed by atoms with van der Waals surface area (Å²) in [6.07, 6.45) is 0.836. The van der Waals surface area contributed by atoms with Crippen molar-refractivity contribution in [1.82, 2.24) is 20.2 Å². The second kappa shape index (κ2) is 8.52. The monoisotopic (exact) mass is 411 g/mol. The summed E-state index contributed by atoms with van der Waals surface area (Å²) in [5, 5.41) is 15.3. The van der Waals surface area contributed by atoms with Crippen LogP contribution < -0.4 is 14.8 Å². The second-order valence-corrected chi connectivity index (χ2v) is 7.71. The van der Waals surface area contributed by atoms with Crippen molar-refractivity contribution in [3.8, 4) is 17.2 Å². The summed E-state index contributed by atoms with van der Waals surface area (Å²) in [6.45, 7) is 5.28. The summed E-state index contributed by atoms with van der Waals surface area (Å²) in [5.74, 6) is 1.37. The number of hydrogen-bond acceptors (Lipinski definition) is 7. The molecule has 2 heterocycles. The average molecular weight is 411 g/mol. The number of hydrogen-bond donors (Lipinski definition) is 1. The number of carbonyl (C=O) groups excluding carboxylic acids is 1. The molecule has 2 aromatic carbocycles. The van der Waals surface area contributed by atoms with Crippen molar-refractivity contribution >= 4 is 23.4 Å². The van der Waals surface area contributed by atoms with Crippen molar-refractivity contribution in [2.45, 2.75) is 25.4 Å². The molecule has 1 aliphatic heterocycles. The van der Waals surface area contributed by atoms with Gasteiger partial charge in [-0.3, -0.25) is 4.79 Å². The van der Waals surface area contributed by atoms with Gasteiger partial charge in [-0.2, -0.15) is 4.68 Å². The maximum absolute atomic E-state index is 12.4. The average Bonchev–Trinajstić information content (AvgIpc) is 3.03. The molecule has 3 aromatic rings. The van der Waals surface area contributed by atoms with Gasteiger partial charge in [0.15, 0.2) is 11.5 Å². The Kier molecular flexibility index (Phi) is 5.66. The van der Waals surface area contributed by atoms with Crippen LogP contribution in [0, 0.1) is 13.8 Å². The number of amides is 1. The van der Waals surface area contributed by atoms with Gasteiger partial charge in [0.25, 0.3) is 0 Å². The fraction of sp³-hybridized carbons (Fsp3) is 0.300. The predicted molar refractivity (Wildman–Crippen MR) is 110 cm³/mol. The van der Waals surface area contributed by atoms with Gasteiger partial charge in [-0.05, 0) is 59.7 Å². The van der Waals surface area contributed by atoms with E-state index in [1.165, 1.54) is 11.8 Å². The Morgan fingerprint density at radius 1 is 1.10 bits per heavy atom. The van der Waals surface area contributed by atoms with E-state index in [-0.39, 0.29) is 11.7 Å². The van der Waals surface area contributed by atoms with Crippen LogP contribution in [0.5, 0.6) is 11.5 Å². The Hall–Kier alpha value is -3.07. The van der Waals surface area contributed by atoms with Gasteiger partial charge in [0.2, 0.25) is 11.1 Å². The van der Waals surface area contributed by atoms with E-state index in [0.717, 1.165) is 23.2 Å². The number of rotatable bonds is 5. The fourth-order valence-electron chi connectivity index (χ4n) is 3.07. The Labute approximate surface area is 172 Å². The highest BCUT2D eigenvalue weighted by molar-refractivity contribution is 7.99. The van der Waals surface area contributed by atoms with E-state index in [2.05, 4.69) is 26.9 Å². The first-order valence-corrected chi connectivity index (χ1v) is 10.3. The van der Waals surface area contributed by atoms with Crippen LogP contribution in [0.2, 0.25) is 0 Å². The molecular formula is C20H21N5O3S. The molecule has 29 heavy (non-hydrogen) atoms. The van der Waals surface area contributed by atoms with Gasteiger partial charge in [-0.15, -0.1) is 5.10 Å². The molecule has 0 aliphatic carbocycles. The molecule has 1 amide bonds. The standard InChI is InChI=1S/C20H21N5O3S/c1-13-8-14(2)10-16(9-13)25-20(22-23-24-25)29-12-19(26)21-15-4-5-17-18(11-15)28-7-3-6-27-17/h4-5,8-11H,3,6-7,12H2,1-2H3,(H,21,26). The minimum atomic E-state index is -0.153. The van der Waals surface area contributed by atoms with Crippen LogP contribution in [0.25, 0.3) is 5.69 Å². The zero-order chi connectivity index (χ0) is 20.2. The molecule has 9 heteroatoms. The Balaban J connectivity index is 1.41. The molecule has 150 valence electrons. The number of carbonyl (C=O) groups is 1. The highest BCUT2D eigenvalue weighted by atomic mass is 32.2. The van der Waals surface area contributed by atoms with Crippen LogP contribution >= 0.6 is 11.8 Å². The lowest BCUT2D eigenvalue weighted by atomic mass is 10.1. The smallest absolute Gasteiger partial charge is 0.234 e. The summed E-state index contributed by atoms with van der Waals surface area (Å²) in [4.78, 5) is 12.4. The Morgan fingerprint density at radius 2 is 1.86 bits per heavy atom. The highest BCUT2D eigenvalue weighted by Gasteiger charge is 2.14. The Morgan fingerprint density at radius 3 is 2.66 bits per heavy atom. The van der Waals surface area contributed by atoms with E-state index < -0.39 is 0 Å². The topological polar surface area (TPSA) is 91.2 Å². The number of benzene rings is 2. The maximum Gasteiger partial charge on any atom is 0.234 e. The van der Waals surface area contributed by atoms with Crippen molar-refractivity contribution in [1.29, 1.82) is 0 Å². The zero-order valence-electron chi connectivity index (χ0n) is 16.2. The third kappa shape index (κ3) is 4.68. The van der Waals surface area contributed by atoms with Gasteiger partial charge in [-0.1, -0.05) is 17.8 Å². The van der Waals surface area contributed by atoms with Crippen LogP contribution in [-0.4, -0.2) is 45.1 Å². The van der Waals surface area contributed by atoms with Crippen LogP contribution in [0.15, 0.2) is 41.6 Å². The third-order valence-corrected chi connectivity index (χ3v) is 5.17. The summed E-state index contributed by atoms with van der Waals surface area (Å²) in [6, 6.07) is 11.5. The minimum Gasteiger partial charge on any atom is -0.490 e. The molecule has 0 saturated heterocycles. The molecule has 0 unspecified atom stereocenters. The quantitative estimate of drug-likeness (QED) is 0.645. The summed E-state index contributed by atoms with van der Waals surface area (Å²) in [7, 11) is 0. The van der Waals surface area contributed by atoms with E-state index >= 15 is 0 Å². The third-order valence-electron chi connectivity index (χ3n) is 4.26. The second-order valence-electron chi connectivity index (χ2n) is 6.77. The highest BCUT2D eigenvalue weighted by Crippen LogP contribution is 2.32. The molecule has 1 N–H and O–H groups in total. The molecule has 0 bridgehead atoms. The van der Waals surface area contributed by atoms with Gasteiger partial charge in [0.1, 0.15) is 0 Å². The van der Waals surface area contributed by atoms with Crippen molar-refractivity contribution in [2.75, 3.05) is 24.3 Å². The van der Waals surface area contributed by atoms with Crippen molar-refractivity contribution in [3.63, 3.8) is 0 Å². The van der Waals surface area contributed by atoms with Crippen LogP contribution in [0.4, 0.5) is 5.69 Å². The first-order valence-electron chi connectivity index (χ1n) is 9.28. The lowest BCUT2D eigenvalue weighted by Gasteiger charge is -2.10. The number of anilines is 1. The molecular weight excluding hydrogens is 390 g/mol. The van der Waals surface area contributed by atoms with Gasteiger partial charge < -0.3 is 14.8 Å². The van der Waals surface area contributed by atoms with Gasteiger partial charge in [0, 0.05) is 18.2 Å². The summed E-state index contributed by atoms with van der Waals surface area (Å²) in [5.41, 5.74) is 3.78. The predicted octanol–water partition coefficient (Wildman–Crippen LogP) is 3.17. The lowest BCUT2D eigenvalue weighted by Crippen LogP contribution is -2.14. The molecule has 0 saturated carbocycles. The number of fused-ring (bicyclic) bond motifs is 1. The summed E-state index contributed by atoms with van der Waals surface area (Å²) < 4.78 is 12.9. The van der Waals surface area contributed by atoms with Crippen molar-refractivity contribution in [2.24, 2.45) is 0 Å². The number of ether oxygens (including phenoxy) is 2. The van der Waals surface area contributed by atoms with Crippen LogP contribution in [0.1, 0.15) is 17.5 Å². The van der Waals surface area contributed by atoms with E-state index in [1.54, 1.807) is 16.8 Å².